The number of carbonyl (C=O) groups excluding carboxylic acids is 1. The largest absolute Gasteiger partial charge is 0.481 e. The molecule has 1 saturated heterocycles. The van der Waals surface area contributed by atoms with Crippen molar-refractivity contribution < 1.29 is 32.3 Å². The van der Waals surface area contributed by atoms with Gasteiger partial charge in [-0.3, -0.25) is 9.59 Å². The summed E-state index contributed by atoms with van der Waals surface area (Å²) in [7, 11) is 0. The molecule has 0 saturated carbocycles. The fourth-order valence-corrected chi connectivity index (χ4v) is 4.75. The third-order valence-corrected chi connectivity index (χ3v) is 6.86. The molecule has 3 heterocycles. The molecule has 0 bridgehead atoms. The summed E-state index contributed by atoms with van der Waals surface area (Å²) in [6.45, 7) is 5.91. The number of rotatable bonds is 6. The van der Waals surface area contributed by atoms with Gasteiger partial charge in [0.2, 0.25) is 0 Å². The molecular weight excluding hydrogens is 518 g/mol. The van der Waals surface area contributed by atoms with Crippen molar-refractivity contribution in [1.29, 1.82) is 0 Å². The number of carboxylic acids is 1. The number of aromatic nitrogens is 3. The first-order valence-corrected chi connectivity index (χ1v) is 12.4. The molecule has 0 atom stereocenters. The lowest BCUT2D eigenvalue weighted by molar-refractivity contribution is -0.151. The number of amides is 1. The summed E-state index contributed by atoms with van der Waals surface area (Å²) in [5, 5.41) is 17.7. The third-order valence-electron chi connectivity index (χ3n) is 6.86. The van der Waals surface area contributed by atoms with Gasteiger partial charge in [-0.05, 0) is 57.9 Å². The first-order valence-electron chi connectivity index (χ1n) is 12.4. The van der Waals surface area contributed by atoms with Gasteiger partial charge in [-0.2, -0.15) is 18.3 Å². The van der Waals surface area contributed by atoms with Gasteiger partial charge in [0.05, 0.1) is 28.3 Å². The van der Waals surface area contributed by atoms with E-state index in [9.17, 15) is 32.3 Å². The van der Waals surface area contributed by atoms with E-state index in [1.807, 2.05) is 20.8 Å². The van der Waals surface area contributed by atoms with Crippen molar-refractivity contribution in [2.75, 3.05) is 18.4 Å². The van der Waals surface area contributed by atoms with Crippen LogP contribution in [-0.4, -0.2) is 49.7 Å². The SMILES string of the molecule is CC(C)(C)n1nccc1Nc1cccc(CC2(C(=O)O)CCN(C(=O)c3cccc(C(F)(F)F)c3F)CC2)n1. The number of nitrogens with zero attached hydrogens (tertiary/aromatic N) is 4. The lowest BCUT2D eigenvalue weighted by Gasteiger charge is -2.39. The Bertz CT molecular complexity index is 1370. The molecule has 0 aliphatic carbocycles. The Morgan fingerprint density at radius 2 is 1.72 bits per heavy atom. The molecule has 208 valence electrons. The van der Waals surface area contributed by atoms with Gasteiger partial charge in [-0.1, -0.05) is 12.1 Å². The number of nitrogens with one attached hydrogen (secondary N) is 1. The molecule has 1 amide bonds. The van der Waals surface area contributed by atoms with E-state index in [2.05, 4.69) is 15.4 Å². The number of likely N-dealkylation sites (tertiary alicyclic amines) is 1. The second-order valence-electron chi connectivity index (χ2n) is 10.7. The Balaban J connectivity index is 1.49. The van der Waals surface area contributed by atoms with E-state index in [0.29, 0.717) is 23.4 Å². The number of carboxylic acid groups (broad SMARTS) is 1. The number of alkyl halides is 3. The summed E-state index contributed by atoms with van der Waals surface area (Å²) < 4.78 is 55.6. The summed E-state index contributed by atoms with van der Waals surface area (Å²) in [5.74, 6) is -2.38. The summed E-state index contributed by atoms with van der Waals surface area (Å²) in [5.41, 5.74) is -3.22. The summed E-state index contributed by atoms with van der Waals surface area (Å²) in [4.78, 5) is 31.0. The highest BCUT2D eigenvalue weighted by Crippen LogP contribution is 2.37. The Hall–Kier alpha value is -3.96. The molecular formula is C27H29F4N5O3. The summed E-state index contributed by atoms with van der Waals surface area (Å²) in [6.07, 6.45) is -3.13. The smallest absolute Gasteiger partial charge is 0.419 e. The number of hydrogen-bond acceptors (Lipinski definition) is 5. The quantitative estimate of drug-likeness (QED) is 0.396. The number of aliphatic carboxylic acids is 1. The fourth-order valence-electron chi connectivity index (χ4n) is 4.75. The van der Waals surface area contributed by atoms with Crippen molar-refractivity contribution in [3.05, 3.63) is 71.3 Å². The number of benzene rings is 1. The minimum Gasteiger partial charge on any atom is -0.481 e. The van der Waals surface area contributed by atoms with Gasteiger partial charge in [-0.15, -0.1) is 0 Å². The normalized spacial score (nSPS) is 15.7. The molecule has 1 aromatic carbocycles. The van der Waals surface area contributed by atoms with Crippen LogP contribution >= 0.6 is 0 Å². The Kier molecular flexibility index (Phi) is 7.42. The second kappa shape index (κ2) is 10.3. The van der Waals surface area contributed by atoms with Gasteiger partial charge >= 0.3 is 12.1 Å². The maximum atomic E-state index is 14.5. The molecule has 2 aromatic heterocycles. The molecule has 39 heavy (non-hydrogen) atoms. The van der Waals surface area contributed by atoms with E-state index in [-0.39, 0.29) is 37.9 Å². The van der Waals surface area contributed by atoms with Crippen LogP contribution in [0.3, 0.4) is 0 Å². The average Bonchev–Trinajstić information content (AvgIpc) is 3.32. The Morgan fingerprint density at radius 1 is 1.05 bits per heavy atom. The number of hydrogen-bond donors (Lipinski definition) is 2. The highest BCUT2D eigenvalue weighted by molar-refractivity contribution is 5.95. The zero-order chi connectivity index (χ0) is 28.6. The number of piperidine rings is 1. The van der Waals surface area contributed by atoms with E-state index in [4.69, 9.17) is 0 Å². The van der Waals surface area contributed by atoms with E-state index in [1.165, 1.54) is 4.90 Å². The molecule has 12 heteroatoms. The molecule has 1 fully saturated rings. The van der Waals surface area contributed by atoms with Gasteiger partial charge in [-0.25, -0.2) is 14.1 Å². The Morgan fingerprint density at radius 3 is 2.33 bits per heavy atom. The molecule has 0 spiro atoms. The van der Waals surface area contributed by atoms with Crippen LogP contribution in [0.1, 0.15) is 55.2 Å². The lowest BCUT2D eigenvalue weighted by Crippen LogP contribution is -2.48. The second-order valence-corrected chi connectivity index (χ2v) is 10.7. The van der Waals surface area contributed by atoms with Crippen LogP contribution in [0.2, 0.25) is 0 Å². The topological polar surface area (TPSA) is 100 Å². The molecule has 3 aromatic rings. The highest BCUT2D eigenvalue weighted by atomic mass is 19.4. The van der Waals surface area contributed by atoms with Crippen molar-refractivity contribution in [1.82, 2.24) is 19.7 Å². The molecule has 2 N–H and O–H groups in total. The minimum absolute atomic E-state index is 0.0325. The maximum Gasteiger partial charge on any atom is 0.419 e. The van der Waals surface area contributed by atoms with Crippen molar-refractivity contribution in [2.24, 2.45) is 5.41 Å². The summed E-state index contributed by atoms with van der Waals surface area (Å²) in [6, 6.07) is 9.58. The van der Waals surface area contributed by atoms with E-state index >= 15 is 0 Å². The lowest BCUT2D eigenvalue weighted by atomic mass is 9.74. The molecule has 0 radical (unpaired) electrons. The minimum atomic E-state index is -4.94. The number of halogens is 4. The molecule has 0 unspecified atom stereocenters. The van der Waals surface area contributed by atoms with Crippen LogP contribution in [0.25, 0.3) is 0 Å². The standard InChI is InChI=1S/C27H29F4N5O3/c1-25(2,3)36-21(10-13-32-36)34-20-9-4-6-17(33-20)16-26(24(38)39)11-14-35(15-12-26)23(37)18-7-5-8-19(22(18)28)27(29,30)31/h4-10,13H,11-12,14-16H2,1-3H3,(H,33,34)(H,38,39). The van der Waals surface area contributed by atoms with Gasteiger partial charge in [0.1, 0.15) is 17.5 Å². The third kappa shape index (κ3) is 5.89. The van der Waals surface area contributed by atoms with E-state index in [1.54, 1.807) is 35.1 Å². The zero-order valence-electron chi connectivity index (χ0n) is 21.7. The van der Waals surface area contributed by atoms with Crippen molar-refractivity contribution >= 4 is 23.5 Å². The van der Waals surface area contributed by atoms with Crippen LogP contribution in [0.5, 0.6) is 0 Å². The highest BCUT2D eigenvalue weighted by Gasteiger charge is 2.44. The first kappa shape index (κ1) is 28.1. The van der Waals surface area contributed by atoms with Crippen LogP contribution in [-0.2, 0) is 22.9 Å². The first-order chi connectivity index (χ1) is 18.2. The van der Waals surface area contributed by atoms with Gasteiger partial charge < -0.3 is 15.3 Å². The predicted molar refractivity (Wildman–Crippen MR) is 135 cm³/mol. The van der Waals surface area contributed by atoms with Gasteiger partial charge in [0, 0.05) is 31.3 Å². The molecule has 8 nitrogen and oxygen atoms in total. The van der Waals surface area contributed by atoms with Crippen LogP contribution in [0, 0.1) is 11.2 Å². The van der Waals surface area contributed by atoms with Gasteiger partial charge in [0.15, 0.2) is 0 Å². The fraction of sp³-hybridized carbons (Fsp3) is 0.407. The number of pyridine rings is 1. The average molecular weight is 548 g/mol. The van der Waals surface area contributed by atoms with E-state index < -0.39 is 40.4 Å². The van der Waals surface area contributed by atoms with Crippen LogP contribution in [0.15, 0.2) is 48.7 Å². The van der Waals surface area contributed by atoms with Crippen LogP contribution < -0.4 is 5.32 Å². The van der Waals surface area contributed by atoms with Gasteiger partial charge in [0.25, 0.3) is 5.91 Å². The van der Waals surface area contributed by atoms with Crippen molar-refractivity contribution in [3.63, 3.8) is 0 Å². The Labute approximate surface area is 222 Å². The zero-order valence-corrected chi connectivity index (χ0v) is 21.7. The van der Waals surface area contributed by atoms with E-state index in [0.717, 1.165) is 12.1 Å². The maximum absolute atomic E-state index is 14.5. The number of carbonyl (C=O) groups is 2. The van der Waals surface area contributed by atoms with Crippen molar-refractivity contribution in [3.8, 4) is 0 Å². The molecule has 1 aliphatic heterocycles. The monoisotopic (exact) mass is 547 g/mol. The van der Waals surface area contributed by atoms with Crippen LogP contribution in [0.4, 0.5) is 29.2 Å². The summed E-state index contributed by atoms with van der Waals surface area (Å²) >= 11 is 0. The molecule has 1 aliphatic rings. The molecule has 4 rings (SSSR count). The predicted octanol–water partition coefficient (Wildman–Crippen LogP) is 5.48. The number of anilines is 2. The van der Waals surface area contributed by atoms with Crippen molar-refractivity contribution in [2.45, 2.75) is 51.7 Å².